The van der Waals surface area contributed by atoms with E-state index in [9.17, 15) is 4.79 Å². The summed E-state index contributed by atoms with van der Waals surface area (Å²) < 4.78 is 7.74. The van der Waals surface area contributed by atoms with Crippen molar-refractivity contribution in [2.45, 2.75) is 37.8 Å². The van der Waals surface area contributed by atoms with Gasteiger partial charge >= 0.3 is 0 Å². The number of hydrogen-bond donors (Lipinski definition) is 1. The van der Waals surface area contributed by atoms with Gasteiger partial charge in [-0.05, 0) is 26.3 Å². The number of aromatic nitrogens is 2. The highest BCUT2D eigenvalue weighted by atomic mass is 16.5. The lowest BCUT2D eigenvalue weighted by atomic mass is 9.95. The predicted octanol–water partition coefficient (Wildman–Crippen LogP) is 0.636. The van der Waals surface area contributed by atoms with E-state index >= 15 is 0 Å². The largest absolute Gasteiger partial charge is 0.367 e. The number of rotatable bonds is 2. The van der Waals surface area contributed by atoms with Crippen LogP contribution in [0.15, 0.2) is 12.4 Å². The predicted molar refractivity (Wildman–Crippen MR) is 78.7 cm³/mol. The molecule has 0 unspecified atom stereocenters. The van der Waals surface area contributed by atoms with Gasteiger partial charge < -0.3 is 15.0 Å². The average molecular weight is 292 g/mol. The van der Waals surface area contributed by atoms with Crippen LogP contribution in [0.3, 0.4) is 0 Å². The molecule has 1 amide bonds. The first-order valence-electron chi connectivity index (χ1n) is 7.74. The van der Waals surface area contributed by atoms with Crippen LogP contribution in [0.5, 0.6) is 0 Å². The molecule has 1 aromatic rings. The summed E-state index contributed by atoms with van der Waals surface area (Å²) in [5.41, 5.74) is 0.565. The van der Waals surface area contributed by atoms with E-state index in [0.29, 0.717) is 19.7 Å². The molecule has 0 aromatic carbocycles. The Kier molecular flexibility index (Phi) is 3.99. The van der Waals surface area contributed by atoms with Crippen molar-refractivity contribution in [3.8, 4) is 0 Å². The summed E-state index contributed by atoms with van der Waals surface area (Å²) in [5.74, 6) is 0.216. The Morgan fingerprint density at radius 1 is 1.52 bits per heavy atom. The summed E-state index contributed by atoms with van der Waals surface area (Å²) in [5, 5.41) is 7.56. The van der Waals surface area contributed by atoms with Crippen molar-refractivity contribution in [2.24, 2.45) is 7.05 Å². The number of piperidine rings is 1. The third kappa shape index (κ3) is 2.96. The number of carbonyl (C=O) groups excluding carboxylic acids is 1. The first kappa shape index (κ1) is 14.5. The zero-order chi connectivity index (χ0) is 14.9. The van der Waals surface area contributed by atoms with Gasteiger partial charge in [-0.15, -0.1) is 0 Å². The number of aryl methyl sites for hydroxylation is 1. The maximum absolute atomic E-state index is 12.7. The van der Waals surface area contributed by atoms with Crippen molar-refractivity contribution in [1.82, 2.24) is 20.0 Å². The van der Waals surface area contributed by atoms with Gasteiger partial charge in [0, 0.05) is 25.4 Å². The normalized spacial score (nSPS) is 30.4. The summed E-state index contributed by atoms with van der Waals surface area (Å²) in [4.78, 5) is 14.6. The Morgan fingerprint density at radius 3 is 3.05 bits per heavy atom. The van der Waals surface area contributed by atoms with E-state index in [-0.39, 0.29) is 11.9 Å². The fourth-order valence-corrected chi connectivity index (χ4v) is 3.21. The molecular weight excluding hydrogens is 268 g/mol. The Morgan fingerprint density at radius 2 is 2.38 bits per heavy atom. The Labute approximate surface area is 125 Å². The number of nitrogens with one attached hydrogen (secondary N) is 1. The topological polar surface area (TPSA) is 59.4 Å². The second-order valence-corrected chi connectivity index (χ2v) is 6.24. The van der Waals surface area contributed by atoms with Crippen LogP contribution in [0.4, 0.5) is 0 Å². The zero-order valence-corrected chi connectivity index (χ0v) is 12.8. The molecule has 0 aliphatic carbocycles. The monoisotopic (exact) mass is 292 g/mol. The molecule has 3 rings (SSSR count). The third-order valence-electron chi connectivity index (χ3n) is 4.51. The van der Waals surface area contributed by atoms with Gasteiger partial charge in [-0.3, -0.25) is 9.48 Å². The maximum atomic E-state index is 12.7. The number of amides is 1. The third-order valence-corrected chi connectivity index (χ3v) is 4.51. The second-order valence-electron chi connectivity index (χ2n) is 6.24. The van der Waals surface area contributed by atoms with Crippen molar-refractivity contribution >= 4 is 5.91 Å². The molecule has 2 fully saturated rings. The summed E-state index contributed by atoms with van der Waals surface area (Å²) in [7, 11) is 1.89. The number of hydrogen-bond acceptors (Lipinski definition) is 4. The molecule has 2 aliphatic rings. The summed E-state index contributed by atoms with van der Waals surface area (Å²) in [6.07, 6.45) is 7.04. The molecule has 1 aromatic heterocycles. The highest BCUT2D eigenvalue weighted by molar-refractivity contribution is 5.82. The van der Waals surface area contributed by atoms with E-state index in [2.05, 4.69) is 10.4 Å². The number of morpholine rings is 1. The van der Waals surface area contributed by atoms with E-state index in [1.807, 2.05) is 31.3 Å². The minimum atomic E-state index is -0.461. The summed E-state index contributed by atoms with van der Waals surface area (Å²) in [6, 6.07) is -0.0185. The molecule has 2 saturated heterocycles. The van der Waals surface area contributed by atoms with Crippen molar-refractivity contribution in [2.75, 3.05) is 26.2 Å². The van der Waals surface area contributed by atoms with Crippen LogP contribution in [0.1, 0.15) is 31.7 Å². The second kappa shape index (κ2) is 5.77. The molecule has 21 heavy (non-hydrogen) atoms. The summed E-state index contributed by atoms with van der Waals surface area (Å²) >= 11 is 0. The van der Waals surface area contributed by atoms with Crippen LogP contribution in [0, 0.1) is 0 Å². The molecule has 0 bridgehead atoms. The van der Waals surface area contributed by atoms with Crippen LogP contribution in [0.2, 0.25) is 0 Å². The van der Waals surface area contributed by atoms with E-state index in [0.717, 1.165) is 24.9 Å². The van der Waals surface area contributed by atoms with Crippen LogP contribution in [-0.2, 0) is 22.2 Å². The van der Waals surface area contributed by atoms with E-state index in [4.69, 9.17) is 4.74 Å². The smallest absolute Gasteiger partial charge is 0.239 e. The quantitative estimate of drug-likeness (QED) is 0.869. The van der Waals surface area contributed by atoms with Gasteiger partial charge in [0.15, 0.2) is 0 Å². The van der Waals surface area contributed by atoms with Crippen molar-refractivity contribution in [3.63, 3.8) is 0 Å². The minimum absolute atomic E-state index is 0.0185. The molecule has 1 N–H and O–H groups in total. The molecular formula is C15H24N4O2. The Hall–Kier alpha value is -1.40. The molecule has 116 valence electrons. The van der Waals surface area contributed by atoms with Gasteiger partial charge in [-0.2, -0.15) is 5.10 Å². The lowest BCUT2D eigenvalue weighted by Gasteiger charge is -2.41. The van der Waals surface area contributed by atoms with E-state index in [1.54, 1.807) is 4.68 Å². The van der Waals surface area contributed by atoms with E-state index in [1.165, 1.54) is 6.42 Å². The van der Waals surface area contributed by atoms with Crippen LogP contribution >= 0.6 is 0 Å². The van der Waals surface area contributed by atoms with Crippen LogP contribution < -0.4 is 5.32 Å². The molecule has 0 spiro atoms. The standard InChI is InChI=1S/C15H24N4O2/c1-15(12-9-17-18(2)10-12)11-19(7-8-21-15)14(20)13-5-3-4-6-16-13/h9-10,13,16H,3-8,11H2,1-2H3/t13-,15+/m1/s1. The van der Waals surface area contributed by atoms with E-state index < -0.39 is 5.60 Å². The van der Waals surface area contributed by atoms with Crippen LogP contribution in [-0.4, -0.2) is 52.9 Å². The van der Waals surface area contributed by atoms with Gasteiger partial charge in [-0.1, -0.05) is 6.42 Å². The van der Waals surface area contributed by atoms with Gasteiger partial charge in [0.25, 0.3) is 0 Å². The first-order chi connectivity index (χ1) is 10.1. The average Bonchev–Trinajstić information content (AvgIpc) is 2.95. The molecule has 0 radical (unpaired) electrons. The molecule has 6 heteroatoms. The lowest BCUT2D eigenvalue weighted by Crippen LogP contribution is -2.56. The Bertz CT molecular complexity index is 510. The van der Waals surface area contributed by atoms with Crippen LogP contribution in [0.25, 0.3) is 0 Å². The van der Waals surface area contributed by atoms with Gasteiger partial charge in [0.1, 0.15) is 5.60 Å². The fraction of sp³-hybridized carbons (Fsp3) is 0.733. The molecule has 2 aliphatic heterocycles. The Balaban J connectivity index is 1.71. The molecule has 6 nitrogen and oxygen atoms in total. The number of ether oxygens (including phenoxy) is 1. The fourth-order valence-electron chi connectivity index (χ4n) is 3.21. The summed E-state index contributed by atoms with van der Waals surface area (Å²) in [6.45, 7) is 4.82. The highest BCUT2D eigenvalue weighted by Crippen LogP contribution is 2.29. The van der Waals surface area contributed by atoms with Crippen molar-refractivity contribution in [1.29, 1.82) is 0 Å². The molecule has 2 atom stereocenters. The SMILES string of the molecule is Cn1cc([C@]2(C)CN(C(=O)[C@H]3CCCCN3)CCO2)cn1. The van der Waals surface area contributed by atoms with Gasteiger partial charge in [0.2, 0.25) is 5.91 Å². The zero-order valence-electron chi connectivity index (χ0n) is 12.8. The minimum Gasteiger partial charge on any atom is -0.367 e. The molecule has 3 heterocycles. The van der Waals surface area contributed by atoms with Crippen molar-refractivity contribution < 1.29 is 9.53 Å². The maximum Gasteiger partial charge on any atom is 0.239 e. The lowest BCUT2D eigenvalue weighted by molar-refractivity contribution is -0.152. The highest BCUT2D eigenvalue weighted by Gasteiger charge is 2.38. The number of nitrogens with zero attached hydrogens (tertiary/aromatic N) is 3. The van der Waals surface area contributed by atoms with Gasteiger partial charge in [0.05, 0.1) is 25.4 Å². The first-order valence-corrected chi connectivity index (χ1v) is 7.74. The van der Waals surface area contributed by atoms with Crippen molar-refractivity contribution in [3.05, 3.63) is 18.0 Å². The van der Waals surface area contributed by atoms with Gasteiger partial charge in [-0.25, -0.2) is 0 Å². The molecule has 0 saturated carbocycles. The number of carbonyl (C=O) groups is 1.